The predicted molar refractivity (Wildman–Crippen MR) is 106 cm³/mol. The summed E-state index contributed by atoms with van der Waals surface area (Å²) in [5.74, 6) is 0.815. The molecule has 0 bridgehead atoms. The van der Waals surface area contributed by atoms with Gasteiger partial charge in [-0.3, -0.25) is 4.79 Å². The zero-order valence-electron chi connectivity index (χ0n) is 16.1. The first kappa shape index (κ1) is 24.4. The van der Waals surface area contributed by atoms with Crippen LogP contribution in [0.25, 0.3) is 11.4 Å². The standard InChI is InChI=1S/C14H16N2.C2H5NO.C2H3N.C2H6/c1-4-12-10(2)6-7-13(11(12)3)14-15-8-5-9-16-14;1-3-2-4;1-2-3;1-2/h5-9H,4H2,1-3H3;2H,1H3,(H,3,4);1H,3H2;1-2H3. The third kappa shape index (κ3) is 9.11. The molecule has 25 heavy (non-hydrogen) atoms. The molecule has 0 spiro atoms. The Morgan fingerprint density at radius 1 is 1.24 bits per heavy atom. The van der Waals surface area contributed by atoms with Crippen molar-refractivity contribution in [3.05, 3.63) is 47.3 Å². The summed E-state index contributed by atoms with van der Waals surface area (Å²) >= 11 is 0. The molecule has 3 N–H and O–H groups in total. The van der Waals surface area contributed by atoms with Crippen LogP contribution >= 0.6 is 0 Å². The highest BCUT2D eigenvalue weighted by Gasteiger charge is 2.08. The second-order valence-corrected chi connectivity index (χ2v) is 4.53. The van der Waals surface area contributed by atoms with E-state index in [-0.39, 0.29) is 0 Å². The summed E-state index contributed by atoms with van der Waals surface area (Å²) in [6.45, 7) is 10.5. The first-order chi connectivity index (χ1) is 12.1. The molecule has 0 saturated carbocycles. The number of hydrogen-bond acceptors (Lipinski definition) is 4. The number of nitrogens with zero attached hydrogens (tertiary/aromatic N) is 2. The Hall–Kier alpha value is -2.87. The fourth-order valence-corrected chi connectivity index (χ4v) is 2.12. The Kier molecular flexibility index (Phi) is 15.6. The van der Waals surface area contributed by atoms with E-state index in [1.807, 2.05) is 19.9 Å². The first-order valence-corrected chi connectivity index (χ1v) is 8.20. The molecule has 0 saturated heterocycles. The molecule has 1 aromatic carbocycles. The van der Waals surface area contributed by atoms with Crippen LogP contribution in [0.5, 0.6) is 0 Å². The molecule has 136 valence electrons. The SMILES string of the molecule is C#CN.CC.CCc1c(C)ccc(-c2ncccn2)c1C.CNC=O. The van der Waals surface area contributed by atoms with Crippen molar-refractivity contribution >= 4 is 6.41 Å². The second-order valence-electron chi connectivity index (χ2n) is 4.53. The maximum Gasteiger partial charge on any atom is 0.206 e. The van der Waals surface area contributed by atoms with Crippen molar-refractivity contribution in [3.63, 3.8) is 0 Å². The molecule has 0 aliphatic rings. The number of amides is 1. The minimum absolute atomic E-state index is 0.625. The average Bonchev–Trinajstić information content (AvgIpc) is 2.65. The fraction of sp³-hybridized carbons (Fsp3) is 0.350. The lowest BCUT2D eigenvalue weighted by atomic mass is 9.95. The number of nitrogens with two attached hydrogens (primary N) is 1. The predicted octanol–water partition coefficient (Wildman–Crippen LogP) is 3.25. The van der Waals surface area contributed by atoms with Crippen molar-refractivity contribution in [1.82, 2.24) is 15.3 Å². The Morgan fingerprint density at radius 2 is 1.72 bits per heavy atom. The van der Waals surface area contributed by atoms with Gasteiger partial charge in [0, 0.05) is 25.0 Å². The summed E-state index contributed by atoms with van der Waals surface area (Å²) in [6.07, 6.45) is 9.62. The molecule has 0 aliphatic carbocycles. The van der Waals surface area contributed by atoms with Crippen molar-refractivity contribution in [1.29, 1.82) is 0 Å². The molecule has 1 aromatic heterocycles. The van der Waals surface area contributed by atoms with Crippen LogP contribution in [0.2, 0.25) is 0 Å². The van der Waals surface area contributed by atoms with Crippen LogP contribution in [-0.2, 0) is 11.2 Å². The first-order valence-electron chi connectivity index (χ1n) is 8.20. The van der Waals surface area contributed by atoms with Gasteiger partial charge in [0.05, 0.1) is 0 Å². The summed E-state index contributed by atoms with van der Waals surface area (Å²) in [6, 6.07) is 7.85. The van der Waals surface area contributed by atoms with Crippen molar-refractivity contribution in [2.75, 3.05) is 7.05 Å². The van der Waals surface area contributed by atoms with E-state index in [1.54, 1.807) is 25.5 Å². The fourth-order valence-electron chi connectivity index (χ4n) is 2.12. The van der Waals surface area contributed by atoms with Crippen LogP contribution in [0.15, 0.2) is 30.6 Å². The molecule has 1 heterocycles. The number of carbonyl (C=O) groups excluding carboxylic acids is 1. The lowest BCUT2D eigenvalue weighted by Crippen LogP contribution is -1.98. The minimum atomic E-state index is 0.625. The number of aromatic nitrogens is 2. The van der Waals surface area contributed by atoms with Crippen LogP contribution in [0.1, 0.15) is 37.5 Å². The lowest BCUT2D eigenvalue weighted by Gasteiger charge is -2.11. The average molecular weight is 342 g/mol. The monoisotopic (exact) mass is 342 g/mol. The maximum absolute atomic E-state index is 9.06. The molecule has 0 radical (unpaired) electrons. The van der Waals surface area contributed by atoms with Gasteiger partial charge in [-0.2, -0.15) is 0 Å². The van der Waals surface area contributed by atoms with E-state index in [2.05, 4.69) is 60.3 Å². The van der Waals surface area contributed by atoms with Crippen LogP contribution in [-0.4, -0.2) is 23.4 Å². The van der Waals surface area contributed by atoms with Gasteiger partial charge in [0.2, 0.25) is 6.41 Å². The topological polar surface area (TPSA) is 80.9 Å². The molecule has 2 aromatic rings. The highest BCUT2D eigenvalue weighted by Crippen LogP contribution is 2.25. The zero-order chi connectivity index (χ0) is 19.7. The van der Waals surface area contributed by atoms with Crippen LogP contribution < -0.4 is 11.1 Å². The summed E-state index contributed by atoms with van der Waals surface area (Å²) < 4.78 is 0. The molecule has 5 nitrogen and oxygen atoms in total. The normalized spacial score (nSPS) is 8.04. The minimum Gasteiger partial charge on any atom is -0.362 e. The number of nitrogens with one attached hydrogen (secondary N) is 1. The number of terminal acetylenes is 1. The summed E-state index contributed by atoms with van der Waals surface area (Å²) in [5, 5.41) is 2.25. The molecule has 0 unspecified atom stereocenters. The Bertz CT molecular complexity index is 634. The number of aryl methyl sites for hydroxylation is 1. The Labute approximate surface area is 152 Å². The number of carbonyl (C=O) groups is 1. The zero-order valence-corrected chi connectivity index (χ0v) is 16.1. The number of benzene rings is 1. The summed E-state index contributed by atoms with van der Waals surface area (Å²) in [7, 11) is 1.56. The van der Waals surface area contributed by atoms with Gasteiger partial charge in [0.1, 0.15) is 0 Å². The third-order valence-electron chi connectivity index (χ3n) is 3.11. The van der Waals surface area contributed by atoms with Crippen molar-refractivity contribution in [2.45, 2.75) is 41.0 Å². The molecule has 0 atom stereocenters. The smallest absolute Gasteiger partial charge is 0.206 e. The van der Waals surface area contributed by atoms with Crippen LogP contribution in [0.4, 0.5) is 0 Å². The second kappa shape index (κ2) is 16.0. The van der Waals surface area contributed by atoms with E-state index in [0.717, 1.165) is 17.8 Å². The summed E-state index contributed by atoms with van der Waals surface area (Å²) in [4.78, 5) is 17.7. The number of hydrogen-bond donors (Lipinski definition) is 2. The van der Waals surface area contributed by atoms with E-state index < -0.39 is 0 Å². The van der Waals surface area contributed by atoms with Gasteiger partial charge in [-0.1, -0.05) is 39.3 Å². The maximum atomic E-state index is 9.06. The highest BCUT2D eigenvalue weighted by molar-refractivity contribution is 5.63. The van der Waals surface area contributed by atoms with Gasteiger partial charge in [0.15, 0.2) is 5.82 Å². The quantitative estimate of drug-likeness (QED) is 0.510. The molecule has 1 amide bonds. The molecule has 5 heteroatoms. The lowest BCUT2D eigenvalue weighted by molar-refractivity contribution is -0.109. The van der Waals surface area contributed by atoms with Crippen LogP contribution in [0, 0.1) is 26.3 Å². The highest BCUT2D eigenvalue weighted by atomic mass is 16.1. The molecular weight excluding hydrogens is 312 g/mol. The van der Waals surface area contributed by atoms with Gasteiger partial charge in [-0.05, 0) is 49.1 Å². The van der Waals surface area contributed by atoms with Crippen LogP contribution in [0.3, 0.4) is 0 Å². The van der Waals surface area contributed by atoms with E-state index in [0.29, 0.717) is 6.41 Å². The van der Waals surface area contributed by atoms with Crippen molar-refractivity contribution in [3.8, 4) is 23.9 Å². The van der Waals surface area contributed by atoms with E-state index in [1.165, 1.54) is 16.7 Å². The van der Waals surface area contributed by atoms with Gasteiger partial charge < -0.3 is 11.1 Å². The largest absolute Gasteiger partial charge is 0.362 e. The van der Waals surface area contributed by atoms with Gasteiger partial charge in [-0.15, -0.1) is 0 Å². The molecule has 0 fully saturated rings. The summed E-state index contributed by atoms with van der Waals surface area (Å²) in [5.41, 5.74) is 9.57. The third-order valence-corrected chi connectivity index (χ3v) is 3.11. The van der Waals surface area contributed by atoms with E-state index in [9.17, 15) is 0 Å². The van der Waals surface area contributed by atoms with E-state index >= 15 is 0 Å². The van der Waals surface area contributed by atoms with E-state index in [4.69, 9.17) is 4.79 Å². The van der Waals surface area contributed by atoms with Crippen molar-refractivity contribution in [2.24, 2.45) is 5.73 Å². The molecule has 0 aliphatic heterocycles. The van der Waals surface area contributed by atoms with Gasteiger partial charge in [0.25, 0.3) is 0 Å². The number of rotatable bonds is 3. The van der Waals surface area contributed by atoms with Crippen molar-refractivity contribution < 1.29 is 4.79 Å². The molecular formula is C20H30N4O. The van der Waals surface area contributed by atoms with Gasteiger partial charge >= 0.3 is 0 Å². The Balaban J connectivity index is 0. The van der Waals surface area contributed by atoms with Gasteiger partial charge in [-0.25, -0.2) is 9.97 Å². The Morgan fingerprint density at radius 3 is 2.12 bits per heavy atom. The molecule has 2 rings (SSSR count).